The van der Waals surface area contributed by atoms with Crippen molar-refractivity contribution >= 4 is 5.78 Å². The van der Waals surface area contributed by atoms with Crippen LogP contribution in [0.5, 0.6) is 11.5 Å². The molecule has 0 radical (unpaired) electrons. The highest BCUT2D eigenvalue weighted by molar-refractivity contribution is 6.14. The maximum atomic E-state index is 12.6. The van der Waals surface area contributed by atoms with Crippen molar-refractivity contribution in [3.05, 3.63) is 65.2 Å². The highest BCUT2D eigenvalue weighted by Gasteiger charge is 2.40. The summed E-state index contributed by atoms with van der Waals surface area (Å²) in [7, 11) is 0. The summed E-state index contributed by atoms with van der Waals surface area (Å²) in [6.45, 7) is 5.54. The average molecular weight is 367 g/mol. The summed E-state index contributed by atoms with van der Waals surface area (Å²) in [4.78, 5) is 16.6. The maximum absolute atomic E-state index is 12.6. The Labute approximate surface area is 159 Å². The van der Waals surface area contributed by atoms with Crippen LogP contribution in [-0.4, -0.2) is 26.6 Å². The number of aliphatic hydroxyl groups excluding tert-OH is 1. The molecule has 0 saturated heterocycles. The van der Waals surface area contributed by atoms with Gasteiger partial charge in [-0.15, -0.1) is 0 Å². The van der Waals surface area contributed by atoms with E-state index in [1.807, 2.05) is 18.2 Å². The van der Waals surface area contributed by atoms with Crippen molar-refractivity contribution in [3.63, 3.8) is 0 Å². The molecule has 0 amide bonds. The number of hydrogen-bond acceptors (Lipinski definition) is 5. The largest absolute Gasteiger partial charge is 0.515 e. The summed E-state index contributed by atoms with van der Waals surface area (Å²) >= 11 is 0. The molecule has 2 N–H and O–H groups in total. The third-order valence-corrected chi connectivity index (χ3v) is 5.14. The SMILES string of the molecule is CC(CCCc1ccncc1)c1cc(O)c2c(c1)OC(C)(C)C(=CO)C2=O. The summed E-state index contributed by atoms with van der Waals surface area (Å²) in [5.41, 5.74) is 1.48. The molecule has 0 bridgehead atoms. The molecule has 1 unspecified atom stereocenters. The van der Waals surface area contributed by atoms with Crippen LogP contribution in [0.1, 0.15) is 61.0 Å². The van der Waals surface area contributed by atoms with Crippen LogP contribution in [0.4, 0.5) is 0 Å². The summed E-state index contributed by atoms with van der Waals surface area (Å²) in [6, 6.07) is 7.50. The number of phenolic OH excluding ortho intramolecular Hbond substituents is 1. The molecular formula is C22H25NO4. The highest BCUT2D eigenvalue weighted by atomic mass is 16.5. The fourth-order valence-electron chi connectivity index (χ4n) is 3.50. The van der Waals surface area contributed by atoms with Crippen LogP contribution in [0.3, 0.4) is 0 Å². The third kappa shape index (κ3) is 3.82. The van der Waals surface area contributed by atoms with Crippen LogP contribution in [-0.2, 0) is 6.42 Å². The molecule has 5 heteroatoms. The fraction of sp³-hybridized carbons (Fsp3) is 0.364. The number of aromatic hydroxyl groups is 1. The predicted molar refractivity (Wildman–Crippen MR) is 103 cm³/mol. The molecule has 2 heterocycles. The first-order chi connectivity index (χ1) is 12.8. The van der Waals surface area contributed by atoms with E-state index in [-0.39, 0.29) is 22.8 Å². The van der Waals surface area contributed by atoms with E-state index in [1.165, 1.54) is 5.56 Å². The van der Waals surface area contributed by atoms with Gasteiger partial charge in [-0.25, -0.2) is 0 Å². The number of aromatic nitrogens is 1. The first kappa shape index (κ1) is 19.0. The molecule has 0 spiro atoms. The summed E-state index contributed by atoms with van der Waals surface area (Å²) < 4.78 is 5.92. The number of pyridine rings is 1. The lowest BCUT2D eigenvalue weighted by Crippen LogP contribution is -2.39. The van der Waals surface area contributed by atoms with E-state index in [0.717, 1.165) is 31.1 Å². The second-order valence-corrected chi connectivity index (χ2v) is 7.55. The number of ketones is 1. The van der Waals surface area contributed by atoms with E-state index in [2.05, 4.69) is 11.9 Å². The number of aliphatic hydroxyl groups is 1. The normalized spacial score (nSPS) is 18.0. The molecule has 142 valence electrons. The molecule has 3 rings (SSSR count). The number of carbonyl (C=O) groups is 1. The number of Topliss-reactive ketones (excluding diaryl/α,β-unsaturated/α-hetero) is 1. The zero-order valence-corrected chi connectivity index (χ0v) is 15.9. The Balaban J connectivity index is 1.78. The van der Waals surface area contributed by atoms with Crippen molar-refractivity contribution < 1.29 is 19.7 Å². The van der Waals surface area contributed by atoms with Crippen LogP contribution >= 0.6 is 0 Å². The molecular weight excluding hydrogens is 342 g/mol. The fourth-order valence-corrected chi connectivity index (χ4v) is 3.50. The molecule has 1 aromatic heterocycles. The Kier molecular flexibility index (Phi) is 5.22. The van der Waals surface area contributed by atoms with Crippen molar-refractivity contribution in [3.8, 4) is 11.5 Å². The van der Waals surface area contributed by atoms with Crippen molar-refractivity contribution in [2.75, 3.05) is 0 Å². The number of benzene rings is 1. The Bertz CT molecular complexity index is 871. The molecule has 5 nitrogen and oxygen atoms in total. The monoisotopic (exact) mass is 367 g/mol. The lowest BCUT2D eigenvalue weighted by molar-refractivity contribution is 0.0838. The molecule has 1 aromatic carbocycles. The minimum atomic E-state index is -0.950. The van der Waals surface area contributed by atoms with Crippen LogP contribution in [0.25, 0.3) is 0 Å². The minimum absolute atomic E-state index is 0.108. The lowest BCUT2D eigenvalue weighted by Gasteiger charge is -2.34. The average Bonchev–Trinajstić information content (AvgIpc) is 2.61. The van der Waals surface area contributed by atoms with Gasteiger partial charge in [-0.3, -0.25) is 9.78 Å². The number of aryl methyl sites for hydroxylation is 1. The van der Waals surface area contributed by atoms with Gasteiger partial charge in [0.05, 0.1) is 11.8 Å². The first-order valence-electron chi connectivity index (χ1n) is 9.18. The molecule has 0 saturated carbocycles. The summed E-state index contributed by atoms with van der Waals surface area (Å²) in [5, 5.41) is 19.8. The predicted octanol–water partition coefficient (Wildman–Crippen LogP) is 4.71. The number of nitrogens with zero attached hydrogens (tertiary/aromatic N) is 1. The van der Waals surface area contributed by atoms with E-state index in [9.17, 15) is 15.0 Å². The van der Waals surface area contributed by atoms with E-state index in [0.29, 0.717) is 5.75 Å². The van der Waals surface area contributed by atoms with Crippen LogP contribution in [0.2, 0.25) is 0 Å². The zero-order chi connectivity index (χ0) is 19.6. The molecule has 0 fully saturated rings. The number of fused-ring (bicyclic) bond motifs is 1. The van der Waals surface area contributed by atoms with Crippen molar-refractivity contribution in [1.82, 2.24) is 4.98 Å². The third-order valence-electron chi connectivity index (χ3n) is 5.14. The number of phenols is 1. The standard InChI is InChI=1S/C22H25NO4/c1-14(5-4-6-15-7-9-23-10-8-15)16-11-18(25)20-19(12-16)27-22(2,3)17(13-24)21(20)26/h7-14,24-25H,4-6H2,1-3H3. The minimum Gasteiger partial charge on any atom is -0.515 e. The van der Waals surface area contributed by atoms with E-state index in [4.69, 9.17) is 4.74 Å². The van der Waals surface area contributed by atoms with E-state index in [1.54, 1.807) is 32.3 Å². The second-order valence-electron chi connectivity index (χ2n) is 7.55. The smallest absolute Gasteiger partial charge is 0.203 e. The van der Waals surface area contributed by atoms with E-state index < -0.39 is 11.4 Å². The van der Waals surface area contributed by atoms with Gasteiger partial charge in [0.25, 0.3) is 0 Å². The van der Waals surface area contributed by atoms with Gasteiger partial charge in [-0.2, -0.15) is 0 Å². The van der Waals surface area contributed by atoms with Crippen molar-refractivity contribution in [1.29, 1.82) is 0 Å². The van der Waals surface area contributed by atoms with Gasteiger partial charge in [0.15, 0.2) is 0 Å². The second kappa shape index (κ2) is 7.43. The molecule has 1 atom stereocenters. The van der Waals surface area contributed by atoms with Gasteiger partial charge in [0.2, 0.25) is 5.78 Å². The number of ether oxygens (including phenoxy) is 1. The van der Waals surface area contributed by atoms with Crippen molar-refractivity contribution in [2.45, 2.75) is 51.6 Å². The number of rotatable bonds is 5. The Morgan fingerprint density at radius 2 is 1.96 bits per heavy atom. The zero-order valence-electron chi connectivity index (χ0n) is 15.9. The number of hydrogen-bond donors (Lipinski definition) is 2. The summed E-state index contributed by atoms with van der Waals surface area (Å²) in [5.74, 6) is 0.0627. The quantitative estimate of drug-likeness (QED) is 0.591. The van der Waals surface area contributed by atoms with Gasteiger partial charge in [-0.1, -0.05) is 6.92 Å². The van der Waals surface area contributed by atoms with Crippen LogP contribution < -0.4 is 4.74 Å². The van der Waals surface area contributed by atoms with Gasteiger partial charge < -0.3 is 14.9 Å². The number of carbonyl (C=O) groups excluding carboxylic acids is 1. The molecule has 2 aromatic rings. The van der Waals surface area contributed by atoms with Crippen LogP contribution in [0.15, 0.2) is 48.5 Å². The van der Waals surface area contributed by atoms with Gasteiger partial charge in [0, 0.05) is 12.4 Å². The topological polar surface area (TPSA) is 79.7 Å². The highest BCUT2D eigenvalue weighted by Crippen LogP contribution is 2.42. The van der Waals surface area contributed by atoms with Gasteiger partial charge in [-0.05, 0) is 74.4 Å². The molecule has 27 heavy (non-hydrogen) atoms. The van der Waals surface area contributed by atoms with Crippen molar-refractivity contribution in [2.24, 2.45) is 0 Å². The molecule has 1 aliphatic heterocycles. The van der Waals surface area contributed by atoms with Gasteiger partial charge >= 0.3 is 0 Å². The first-order valence-corrected chi connectivity index (χ1v) is 9.18. The molecule has 1 aliphatic rings. The Morgan fingerprint density at radius 3 is 2.63 bits per heavy atom. The maximum Gasteiger partial charge on any atom is 0.203 e. The van der Waals surface area contributed by atoms with Crippen LogP contribution in [0, 0.1) is 0 Å². The lowest BCUT2D eigenvalue weighted by atomic mass is 9.85. The van der Waals surface area contributed by atoms with Gasteiger partial charge in [0.1, 0.15) is 22.7 Å². The Hall–Kier alpha value is -2.82. The van der Waals surface area contributed by atoms with E-state index >= 15 is 0 Å². The summed E-state index contributed by atoms with van der Waals surface area (Å²) in [6.07, 6.45) is 7.28. The Morgan fingerprint density at radius 1 is 1.26 bits per heavy atom. The molecule has 0 aliphatic carbocycles.